The van der Waals surface area contributed by atoms with Crippen LogP contribution in [0.15, 0.2) is 36.4 Å². The lowest BCUT2D eigenvalue weighted by atomic mass is 10.0. The third kappa shape index (κ3) is 16.8. The number of amides is 8. The van der Waals surface area contributed by atoms with Crippen LogP contribution in [0.3, 0.4) is 0 Å². The molecule has 5 N–H and O–H groups in total. The van der Waals surface area contributed by atoms with Crippen LogP contribution < -0.4 is 25.8 Å². The predicted octanol–water partition coefficient (Wildman–Crippen LogP) is 2.68. The Hall–Kier alpha value is -4.76. The topological polar surface area (TPSA) is 266 Å². The zero-order valence-electron chi connectivity index (χ0n) is 35.9. The maximum absolute atomic E-state index is 12.9. The number of carbonyl (C=O) groups excluding carboxylic acids is 9. The van der Waals surface area contributed by atoms with Crippen molar-refractivity contribution >= 4 is 130 Å². The molecule has 0 radical (unpaired) electrons. The van der Waals surface area contributed by atoms with Gasteiger partial charge in [0.2, 0.25) is 23.6 Å². The van der Waals surface area contributed by atoms with Crippen LogP contribution in [-0.4, -0.2) is 106 Å². The number of ketones is 1. The number of nitrogens with two attached hydrogens (primary N) is 1. The Balaban J connectivity index is 0.000000362. The van der Waals surface area contributed by atoms with E-state index in [1.54, 1.807) is 6.07 Å². The number of fused-ring (bicyclic) bond motifs is 2. The van der Waals surface area contributed by atoms with Crippen molar-refractivity contribution in [3.05, 3.63) is 58.7 Å². The highest BCUT2D eigenvalue weighted by molar-refractivity contribution is 8.51. The van der Waals surface area contributed by atoms with Gasteiger partial charge in [-0.3, -0.25) is 63.6 Å². The molecule has 0 spiro atoms. The number of piperidine rings is 2. The highest BCUT2D eigenvalue weighted by Gasteiger charge is 2.47. The fraction of sp³-hybridized carbons (Fsp3) is 0.463. The predicted molar refractivity (Wildman–Crippen MR) is 259 cm³/mol. The Kier molecular flexibility index (Phi) is 26.5. The van der Waals surface area contributed by atoms with Crippen LogP contribution in [0.1, 0.15) is 132 Å². The molecule has 4 aliphatic rings. The lowest BCUT2D eigenvalue weighted by molar-refractivity contribution is -0.139. The van der Waals surface area contributed by atoms with Crippen molar-refractivity contribution in [2.45, 2.75) is 103 Å². The van der Waals surface area contributed by atoms with Crippen LogP contribution in [0.25, 0.3) is 0 Å². The monoisotopic (exact) mass is 1040 g/mol. The van der Waals surface area contributed by atoms with Gasteiger partial charge in [0.25, 0.3) is 23.6 Å². The molecule has 2 aromatic carbocycles. The number of hydrogen-bond acceptors (Lipinski definition) is 17. The molecule has 2 fully saturated rings. The standard InChI is InChI=1S/C21H24N2O6.C15H12N2O7.C5H13N.S4.S3/c1-2-3-4-5-7-13(24)12-29-16-9-6-8-14-18(16)21(28)23(20(14)27)15-10-11-17(25)22-19(15)26;18-10-5-4-8(13(21)16-10)17-14(22)7-2-1-3-9(12(7)15(17)23)24-6-11(19)20;1-2-3-4-5-6;1-3-4-2;1-3-2/h6,8-9,15H,2-5,7,10-12H2,1H3,(H,22,25,26);1-3,8H,4-6H2,(H,19,20)(H,16,18,21);2-6H2,1H3;;. The molecule has 18 nitrogen and oxygen atoms in total. The number of carboxylic acids is 1. The van der Waals surface area contributed by atoms with Crippen molar-refractivity contribution in [1.82, 2.24) is 20.4 Å². The van der Waals surface area contributed by atoms with Gasteiger partial charge in [-0.25, -0.2) is 4.79 Å². The van der Waals surface area contributed by atoms with Crippen LogP contribution in [0.2, 0.25) is 0 Å². The van der Waals surface area contributed by atoms with Crippen molar-refractivity contribution < 1.29 is 62.5 Å². The molecule has 0 aromatic heterocycles. The summed E-state index contributed by atoms with van der Waals surface area (Å²) in [5.41, 5.74) is 5.36. The number of aliphatic carboxylic acids is 1. The summed E-state index contributed by atoms with van der Waals surface area (Å²) in [5, 5.41) is 12.9. The van der Waals surface area contributed by atoms with Crippen LogP contribution in [-0.2, 0) is 100 Å². The minimum Gasteiger partial charge on any atom is -0.485 e. The van der Waals surface area contributed by atoms with E-state index in [2.05, 4.69) is 69.2 Å². The van der Waals surface area contributed by atoms with Gasteiger partial charge >= 0.3 is 5.97 Å². The average Bonchev–Trinajstić information content (AvgIpc) is 3.70. The SMILES string of the molecule is CCCCCCC(=O)COc1cccc2c1C(=O)N(C1CCC(=O)NC1=O)C2=O.CCCCCN.O=C(O)COc1cccc2c1C(=O)N(C1CCC(=O)NC1=O)C2=O.S=S=S.S=S=S=S. The van der Waals surface area contributed by atoms with Gasteiger partial charge in [0.15, 0.2) is 12.4 Å². The number of nitrogens with zero attached hydrogens (tertiary/aromatic N) is 2. The molecule has 8 amide bonds. The number of rotatable bonds is 16. The van der Waals surface area contributed by atoms with Crippen LogP contribution >= 0.6 is 0 Å². The van der Waals surface area contributed by atoms with Gasteiger partial charge in [-0.1, -0.05) is 58.1 Å². The van der Waals surface area contributed by atoms with E-state index in [9.17, 15) is 47.9 Å². The summed E-state index contributed by atoms with van der Waals surface area (Å²) in [7, 11) is 3.26. The fourth-order valence-corrected chi connectivity index (χ4v) is 6.72. The molecule has 2 atom stereocenters. The molecule has 4 aliphatic heterocycles. The Morgan fingerprint density at radius 1 is 0.667 bits per heavy atom. The quantitative estimate of drug-likeness (QED) is 0.139. The number of hydrogen-bond donors (Lipinski definition) is 4. The van der Waals surface area contributed by atoms with E-state index in [1.165, 1.54) is 67.4 Å². The molecule has 2 saturated heterocycles. The van der Waals surface area contributed by atoms with Crippen molar-refractivity contribution in [2.24, 2.45) is 5.73 Å². The van der Waals surface area contributed by atoms with Gasteiger partial charge in [0, 0.05) is 90.7 Å². The van der Waals surface area contributed by atoms with Crippen LogP contribution in [0.5, 0.6) is 11.5 Å². The maximum Gasteiger partial charge on any atom is 0.341 e. The van der Waals surface area contributed by atoms with E-state index in [-0.39, 0.29) is 71.8 Å². The lowest BCUT2D eigenvalue weighted by Gasteiger charge is -2.27. The number of Topliss-reactive ketones (excluding diaryl/α,β-unsaturated/α-hetero) is 1. The van der Waals surface area contributed by atoms with Gasteiger partial charge in [-0.2, -0.15) is 0 Å². The van der Waals surface area contributed by atoms with Gasteiger partial charge in [0.05, 0.1) is 22.3 Å². The third-order valence-corrected chi connectivity index (χ3v) is 12.0. The van der Waals surface area contributed by atoms with Crippen molar-refractivity contribution in [3.63, 3.8) is 0 Å². The maximum atomic E-state index is 12.9. The normalized spacial score (nSPS) is 16.8. The number of benzene rings is 2. The molecule has 66 heavy (non-hydrogen) atoms. The minimum absolute atomic E-state index is 0.0200. The van der Waals surface area contributed by atoms with Gasteiger partial charge in [-0.05, 0) is 56.5 Å². The largest absolute Gasteiger partial charge is 0.485 e. The van der Waals surface area contributed by atoms with Gasteiger partial charge in [-0.15, -0.1) is 0 Å². The smallest absolute Gasteiger partial charge is 0.341 e. The number of ether oxygens (including phenoxy) is 2. The Morgan fingerprint density at radius 3 is 1.45 bits per heavy atom. The average molecular weight is 1040 g/mol. The van der Waals surface area contributed by atoms with Crippen LogP contribution in [0, 0.1) is 0 Å². The Morgan fingerprint density at radius 2 is 1.09 bits per heavy atom. The molecule has 2 unspecified atom stereocenters. The van der Waals surface area contributed by atoms with Gasteiger partial charge < -0.3 is 20.3 Å². The number of imide groups is 4. The number of carboxylic acid groups (broad SMARTS) is 1. The van der Waals surface area contributed by atoms with E-state index in [1.807, 2.05) is 0 Å². The van der Waals surface area contributed by atoms with Crippen molar-refractivity contribution in [3.8, 4) is 11.5 Å². The molecule has 6 rings (SSSR count). The minimum atomic E-state index is -1.23. The molecule has 2 aromatic rings. The summed E-state index contributed by atoms with van der Waals surface area (Å²) in [6, 6.07) is 6.70. The molecule has 358 valence electrons. The van der Waals surface area contributed by atoms with E-state index >= 15 is 0 Å². The lowest BCUT2D eigenvalue weighted by Crippen LogP contribution is -2.54. The van der Waals surface area contributed by atoms with Gasteiger partial charge in [0.1, 0.15) is 30.2 Å². The summed E-state index contributed by atoms with van der Waals surface area (Å²) in [6.07, 6.45) is 8.30. The fourth-order valence-electron chi connectivity index (χ4n) is 6.72. The second-order valence-corrected chi connectivity index (χ2v) is 19.6. The summed E-state index contributed by atoms with van der Waals surface area (Å²) >= 11 is 16.9. The van der Waals surface area contributed by atoms with Crippen LogP contribution in [0.4, 0.5) is 0 Å². The summed E-state index contributed by atoms with van der Waals surface area (Å²) in [5.74, 6) is -6.13. The third-order valence-electron chi connectivity index (χ3n) is 9.74. The molecule has 0 saturated carbocycles. The molecule has 25 heteroatoms. The van der Waals surface area contributed by atoms with Crippen molar-refractivity contribution in [2.75, 3.05) is 19.8 Å². The zero-order valence-corrected chi connectivity index (χ0v) is 41.6. The van der Waals surface area contributed by atoms with Crippen molar-refractivity contribution in [1.29, 1.82) is 0 Å². The number of unbranched alkanes of at least 4 members (excludes halogenated alkanes) is 5. The first kappa shape index (κ1) is 57.4. The Labute approximate surface area is 409 Å². The summed E-state index contributed by atoms with van der Waals surface area (Å²) in [6.45, 7) is 4.28. The highest BCUT2D eigenvalue weighted by atomic mass is 33.2. The second kappa shape index (κ2) is 30.5. The molecule has 4 heterocycles. The zero-order chi connectivity index (χ0) is 49.3. The first-order valence-corrected chi connectivity index (χ1v) is 27.1. The van der Waals surface area contributed by atoms with E-state index in [0.717, 1.165) is 50.9 Å². The second-order valence-electron chi connectivity index (χ2n) is 14.3. The number of carbonyl (C=O) groups is 10. The molecule has 0 aliphatic carbocycles. The molecule has 0 bridgehead atoms. The highest BCUT2D eigenvalue weighted by Crippen LogP contribution is 2.35. The molecular weight excluding hydrogens is 995 g/mol. The Bertz CT molecular complexity index is 2280. The first-order valence-electron chi connectivity index (χ1n) is 20.5. The van der Waals surface area contributed by atoms with E-state index < -0.39 is 71.9 Å². The molecular formula is C41H49N5O13S7. The van der Waals surface area contributed by atoms with E-state index in [0.29, 0.717) is 6.42 Å². The van der Waals surface area contributed by atoms with E-state index in [4.69, 9.17) is 20.3 Å². The summed E-state index contributed by atoms with van der Waals surface area (Å²) < 4.78 is 10.6. The first-order chi connectivity index (χ1) is 31.6. The number of nitrogens with one attached hydrogen (secondary N) is 2. The summed E-state index contributed by atoms with van der Waals surface area (Å²) in [4.78, 5) is 122.